The van der Waals surface area contributed by atoms with E-state index in [4.69, 9.17) is 18.9 Å². The number of hydrogen-bond acceptors (Lipinski definition) is 8. The Bertz CT molecular complexity index is 1760. The fourth-order valence-electron chi connectivity index (χ4n) is 4.79. The van der Waals surface area contributed by atoms with Crippen LogP contribution in [-0.2, 0) is 14.3 Å². The molecule has 1 atom stereocenters. The number of aromatic nitrogens is 2. The zero-order valence-corrected chi connectivity index (χ0v) is 23.7. The minimum absolute atomic E-state index is 0.0706. The van der Waals surface area contributed by atoms with Crippen LogP contribution in [0.1, 0.15) is 37.4 Å². The molecule has 0 bridgehead atoms. The first-order chi connectivity index (χ1) is 19.5. The Balaban J connectivity index is 1.73. The molecule has 0 saturated heterocycles. The van der Waals surface area contributed by atoms with E-state index in [1.807, 2.05) is 55.6 Å². The van der Waals surface area contributed by atoms with E-state index in [-0.39, 0.29) is 24.3 Å². The molecule has 1 aliphatic heterocycles. The number of hydrogen-bond donors (Lipinski definition) is 1. The standard InChI is InChI=1S/C30H31N3O6S/c1-5-13-38-27-21(10-8-12-23(27)37-4)26-25(29(35)39-15-14-36-3)18(2)32-30-33(26)28(34)24(40-30)16-19-17-31-22-11-7-6-9-20(19)22/h6-12,16-17,26,31H,5,13-15H2,1-4H3/b24-16+/t26-/m1/s1. The average molecular weight is 562 g/mol. The van der Waals surface area contributed by atoms with E-state index in [1.54, 1.807) is 24.7 Å². The van der Waals surface area contributed by atoms with Crippen LogP contribution in [0.5, 0.6) is 11.5 Å². The Hall–Kier alpha value is -4.15. The number of esters is 1. The summed E-state index contributed by atoms with van der Waals surface area (Å²) in [5, 5.41) is 1.01. The van der Waals surface area contributed by atoms with Gasteiger partial charge in [0.15, 0.2) is 16.3 Å². The number of carbonyl (C=O) groups excluding carboxylic acids is 1. The van der Waals surface area contributed by atoms with Crippen molar-refractivity contribution in [2.45, 2.75) is 26.3 Å². The Morgan fingerprint density at radius 3 is 2.73 bits per heavy atom. The summed E-state index contributed by atoms with van der Waals surface area (Å²) in [5.74, 6) is 0.409. The van der Waals surface area contributed by atoms with Crippen molar-refractivity contribution in [3.8, 4) is 11.5 Å². The minimum Gasteiger partial charge on any atom is -0.493 e. The van der Waals surface area contributed by atoms with E-state index >= 15 is 0 Å². The van der Waals surface area contributed by atoms with E-state index < -0.39 is 12.0 Å². The lowest BCUT2D eigenvalue weighted by Gasteiger charge is -2.27. The van der Waals surface area contributed by atoms with Crippen molar-refractivity contribution in [2.75, 3.05) is 34.0 Å². The molecule has 3 heterocycles. The van der Waals surface area contributed by atoms with Crippen LogP contribution in [0, 0.1) is 0 Å². The highest BCUT2D eigenvalue weighted by atomic mass is 32.1. The van der Waals surface area contributed by atoms with Crippen molar-refractivity contribution in [3.05, 3.63) is 90.7 Å². The van der Waals surface area contributed by atoms with Crippen LogP contribution in [0.25, 0.3) is 17.0 Å². The number of H-pyrrole nitrogens is 1. The number of ether oxygens (including phenoxy) is 4. The maximum atomic E-state index is 14.1. The van der Waals surface area contributed by atoms with Gasteiger partial charge in [-0.3, -0.25) is 9.36 Å². The number of nitrogens with one attached hydrogen (secondary N) is 1. The summed E-state index contributed by atoms with van der Waals surface area (Å²) in [5.41, 5.74) is 2.94. The minimum atomic E-state index is -0.835. The van der Waals surface area contributed by atoms with E-state index in [0.717, 1.165) is 22.9 Å². The molecule has 0 fully saturated rings. The van der Waals surface area contributed by atoms with Crippen LogP contribution in [-0.4, -0.2) is 49.6 Å². The normalized spacial score (nSPS) is 15.2. The van der Waals surface area contributed by atoms with Crippen LogP contribution in [0.3, 0.4) is 0 Å². The van der Waals surface area contributed by atoms with Gasteiger partial charge in [0.25, 0.3) is 5.56 Å². The molecule has 0 unspecified atom stereocenters. The molecule has 0 radical (unpaired) electrons. The molecule has 0 spiro atoms. The number of fused-ring (bicyclic) bond motifs is 2. The number of thiazole rings is 1. The highest BCUT2D eigenvalue weighted by molar-refractivity contribution is 7.07. The molecule has 1 N–H and O–H groups in total. The van der Waals surface area contributed by atoms with Crippen molar-refractivity contribution in [3.63, 3.8) is 0 Å². The lowest BCUT2D eigenvalue weighted by molar-refractivity contribution is -0.140. The SMILES string of the molecule is CCCOc1c(OC)cccc1[C@@H]1C(C(=O)OCCOC)=C(C)N=c2s/c(=C/c3c[nH]c4ccccc34)c(=O)n21. The molecule has 0 aliphatic carbocycles. The number of nitrogens with zero attached hydrogens (tertiary/aromatic N) is 2. The summed E-state index contributed by atoms with van der Waals surface area (Å²) in [7, 11) is 3.10. The highest BCUT2D eigenvalue weighted by Gasteiger charge is 2.36. The topological polar surface area (TPSA) is 104 Å². The summed E-state index contributed by atoms with van der Waals surface area (Å²) in [4.78, 5) is 36.0. The van der Waals surface area contributed by atoms with Crippen molar-refractivity contribution < 1.29 is 23.7 Å². The van der Waals surface area contributed by atoms with Crippen LogP contribution >= 0.6 is 11.3 Å². The van der Waals surface area contributed by atoms with Gasteiger partial charge in [-0.15, -0.1) is 0 Å². The van der Waals surface area contributed by atoms with E-state index in [1.165, 1.54) is 18.4 Å². The maximum Gasteiger partial charge on any atom is 0.338 e. The average Bonchev–Trinajstić information content (AvgIpc) is 3.51. The van der Waals surface area contributed by atoms with Crippen LogP contribution < -0.4 is 24.4 Å². The van der Waals surface area contributed by atoms with Crippen molar-refractivity contribution in [2.24, 2.45) is 4.99 Å². The monoisotopic (exact) mass is 561 g/mol. The van der Waals surface area contributed by atoms with Gasteiger partial charge in [-0.2, -0.15) is 0 Å². The highest BCUT2D eigenvalue weighted by Crippen LogP contribution is 2.40. The summed E-state index contributed by atoms with van der Waals surface area (Å²) >= 11 is 1.28. The molecular formula is C30H31N3O6S. The number of para-hydroxylation sites is 2. The number of rotatable bonds is 10. The molecule has 40 heavy (non-hydrogen) atoms. The van der Waals surface area contributed by atoms with Gasteiger partial charge in [0, 0.05) is 35.3 Å². The van der Waals surface area contributed by atoms with Crippen molar-refractivity contribution in [1.29, 1.82) is 0 Å². The third kappa shape index (κ3) is 5.07. The van der Waals surface area contributed by atoms with Gasteiger partial charge >= 0.3 is 5.97 Å². The molecule has 208 valence electrons. The Morgan fingerprint density at radius 1 is 1.12 bits per heavy atom. The van der Waals surface area contributed by atoms with Gasteiger partial charge in [0.1, 0.15) is 12.6 Å². The Morgan fingerprint density at radius 2 is 1.95 bits per heavy atom. The van der Waals surface area contributed by atoms with Gasteiger partial charge in [-0.1, -0.05) is 48.6 Å². The molecule has 2 aromatic heterocycles. The molecule has 2 aromatic carbocycles. The zero-order chi connectivity index (χ0) is 28.2. The largest absolute Gasteiger partial charge is 0.493 e. The molecule has 4 aromatic rings. The van der Waals surface area contributed by atoms with Gasteiger partial charge in [-0.25, -0.2) is 9.79 Å². The summed E-state index contributed by atoms with van der Waals surface area (Å²) in [6.07, 6.45) is 4.50. The van der Waals surface area contributed by atoms with Gasteiger partial charge in [-0.05, 0) is 31.6 Å². The lowest BCUT2D eigenvalue weighted by Crippen LogP contribution is -2.40. The van der Waals surface area contributed by atoms with Gasteiger partial charge < -0.3 is 23.9 Å². The smallest absolute Gasteiger partial charge is 0.338 e. The van der Waals surface area contributed by atoms with E-state index in [9.17, 15) is 9.59 Å². The van der Waals surface area contributed by atoms with Crippen molar-refractivity contribution in [1.82, 2.24) is 9.55 Å². The van der Waals surface area contributed by atoms with Crippen LogP contribution in [0.2, 0.25) is 0 Å². The van der Waals surface area contributed by atoms with Gasteiger partial charge in [0.05, 0.1) is 36.1 Å². The molecule has 0 amide bonds. The summed E-state index contributed by atoms with van der Waals surface area (Å²) < 4.78 is 24.4. The fourth-order valence-corrected chi connectivity index (χ4v) is 5.83. The third-order valence-electron chi connectivity index (χ3n) is 6.64. The molecule has 5 rings (SSSR count). The van der Waals surface area contributed by atoms with Gasteiger partial charge in [0.2, 0.25) is 0 Å². The van der Waals surface area contributed by atoms with Crippen LogP contribution in [0.4, 0.5) is 0 Å². The number of methoxy groups -OCH3 is 2. The van der Waals surface area contributed by atoms with E-state index in [0.29, 0.717) is 38.7 Å². The summed E-state index contributed by atoms with van der Waals surface area (Å²) in [6.45, 7) is 4.51. The first kappa shape index (κ1) is 27.4. The van der Waals surface area contributed by atoms with Crippen molar-refractivity contribution >= 4 is 34.3 Å². The molecule has 0 saturated carbocycles. The number of aromatic amines is 1. The predicted molar refractivity (Wildman–Crippen MR) is 154 cm³/mol. The quantitative estimate of drug-likeness (QED) is 0.234. The zero-order valence-electron chi connectivity index (χ0n) is 22.9. The third-order valence-corrected chi connectivity index (χ3v) is 7.63. The molecule has 1 aliphatic rings. The first-order valence-corrected chi connectivity index (χ1v) is 13.8. The maximum absolute atomic E-state index is 14.1. The lowest BCUT2D eigenvalue weighted by atomic mass is 9.94. The first-order valence-electron chi connectivity index (χ1n) is 13.0. The van der Waals surface area contributed by atoms with Crippen LogP contribution in [0.15, 0.2) is 69.7 Å². The molecular weight excluding hydrogens is 530 g/mol. The second-order valence-electron chi connectivity index (χ2n) is 9.23. The predicted octanol–water partition coefficient (Wildman–Crippen LogP) is 3.70. The second-order valence-corrected chi connectivity index (χ2v) is 10.2. The number of carbonyl (C=O) groups is 1. The number of benzene rings is 2. The Labute approximate surface area is 235 Å². The molecule has 10 heteroatoms. The summed E-state index contributed by atoms with van der Waals surface area (Å²) in [6, 6.07) is 12.5. The number of allylic oxidation sites excluding steroid dienone is 1. The Kier molecular flexibility index (Phi) is 8.18. The second kappa shape index (κ2) is 11.9. The van der Waals surface area contributed by atoms with E-state index in [2.05, 4.69) is 9.98 Å². The fraction of sp³-hybridized carbons (Fsp3) is 0.300. The molecule has 9 nitrogen and oxygen atoms in total.